The Kier molecular flexibility index (Phi) is 3.95. The van der Waals surface area contributed by atoms with E-state index in [1.807, 2.05) is 20.8 Å². The molecule has 112 valence electrons. The molecule has 0 aliphatic heterocycles. The molecule has 0 fully saturated rings. The van der Waals surface area contributed by atoms with E-state index in [2.05, 4.69) is 41.5 Å². The van der Waals surface area contributed by atoms with Crippen LogP contribution < -0.4 is 0 Å². The third-order valence-corrected chi connectivity index (χ3v) is 3.55. The molecular formula is C18H28O2. The Morgan fingerprint density at radius 2 is 1.05 bits per heavy atom. The average molecular weight is 276 g/mol. The van der Waals surface area contributed by atoms with Crippen molar-refractivity contribution in [1.82, 2.24) is 0 Å². The molecule has 20 heavy (non-hydrogen) atoms. The Balaban J connectivity index is 3.80. The second-order valence-electron chi connectivity index (χ2n) is 8.75. The van der Waals surface area contributed by atoms with E-state index < -0.39 is 0 Å². The third-order valence-electron chi connectivity index (χ3n) is 3.55. The lowest BCUT2D eigenvalue weighted by molar-refractivity contribution is -0.132. The van der Waals surface area contributed by atoms with Crippen molar-refractivity contribution in [1.29, 1.82) is 0 Å². The first-order valence-electron chi connectivity index (χ1n) is 7.24. The second kappa shape index (κ2) is 4.68. The largest absolute Gasteiger partial charge is 0.286 e. The highest BCUT2D eigenvalue weighted by Crippen LogP contribution is 2.47. The van der Waals surface area contributed by atoms with Crippen molar-refractivity contribution in [3.05, 3.63) is 22.8 Å². The molecule has 0 spiro atoms. The number of hydrogen-bond donors (Lipinski definition) is 0. The summed E-state index contributed by atoms with van der Waals surface area (Å²) < 4.78 is 0. The molecule has 1 rings (SSSR count). The molecule has 0 aromatic heterocycles. The van der Waals surface area contributed by atoms with Gasteiger partial charge in [-0.1, -0.05) is 62.3 Å². The number of Topliss-reactive ketones (excluding diaryl/α,β-unsaturated/α-hetero) is 1. The molecule has 0 aromatic rings. The average Bonchev–Trinajstić information content (AvgIpc) is 2.15. The molecule has 0 saturated carbocycles. The number of rotatable bonds is 0. The van der Waals surface area contributed by atoms with Gasteiger partial charge in [-0.05, 0) is 33.5 Å². The zero-order chi connectivity index (χ0) is 16.1. The third kappa shape index (κ3) is 3.11. The maximum atomic E-state index is 12.4. The lowest BCUT2D eigenvalue weighted by Crippen LogP contribution is -2.35. The summed E-state index contributed by atoms with van der Waals surface area (Å²) in [4.78, 5) is 24.6. The summed E-state index contributed by atoms with van der Waals surface area (Å²) in [5.41, 5.74) is 2.07. The van der Waals surface area contributed by atoms with Gasteiger partial charge in [0.1, 0.15) is 0 Å². The summed E-state index contributed by atoms with van der Waals surface area (Å²) >= 11 is 0. The van der Waals surface area contributed by atoms with E-state index in [4.69, 9.17) is 0 Å². The first-order valence-corrected chi connectivity index (χ1v) is 7.24. The summed E-state index contributed by atoms with van der Waals surface area (Å²) in [7, 11) is 0. The van der Waals surface area contributed by atoms with Crippen LogP contribution in [0.4, 0.5) is 0 Å². The van der Waals surface area contributed by atoms with Crippen molar-refractivity contribution in [2.45, 2.75) is 62.3 Å². The summed E-state index contributed by atoms with van der Waals surface area (Å²) in [6.45, 7) is 18.6. The molecule has 2 heteroatoms. The fourth-order valence-corrected chi connectivity index (χ4v) is 2.73. The molecule has 0 N–H and O–H groups in total. The summed E-state index contributed by atoms with van der Waals surface area (Å²) in [5, 5.41) is 0. The fourth-order valence-electron chi connectivity index (χ4n) is 2.73. The Bertz CT molecular complexity index is 509. The van der Waals surface area contributed by atoms with E-state index in [1.165, 1.54) is 0 Å². The van der Waals surface area contributed by atoms with Gasteiger partial charge in [0.05, 0.1) is 0 Å². The zero-order valence-corrected chi connectivity index (χ0v) is 14.4. The molecule has 0 aromatic carbocycles. The van der Waals surface area contributed by atoms with Crippen molar-refractivity contribution in [3.63, 3.8) is 0 Å². The molecule has 1 aliphatic carbocycles. The van der Waals surface area contributed by atoms with Gasteiger partial charge in [-0.15, -0.1) is 0 Å². The van der Waals surface area contributed by atoms with Crippen LogP contribution in [0.25, 0.3) is 0 Å². The normalized spacial score (nSPS) is 18.6. The molecular weight excluding hydrogens is 248 g/mol. The van der Waals surface area contributed by atoms with Crippen LogP contribution >= 0.6 is 0 Å². The molecule has 0 radical (unpaired) electrons. The lowest BCUT2D eigenvalue weighted by Gasteiger charge is -2.40. The highest BCUT2D eigenvalue weighted by Gasteiger charge is 2.41. The Morgan fingerprint density at radius 1 is 0.650 bits per heavy atom. The molecule has 0 unspecified atom stereocenters. The van der Waals surface area contributed by atoms with Crippen molar-refractivity contribution in [3.8, 4) is 0 Å². The minimum absolute atomic E-state index is 0.157. The molecule has 1 aliphatic rings. The maximum Gasteiger partial charge on any atom is 0.229 e. The predicted molar refractivity (Wildman–Crippen MR) is 83.5 cm³/mol. The standard InChI is InChI=1S/C18H28O2/c1-16(2,3)11-10-12(19)15(20)14(18(7,8)9)13(11)17(4,5)6/h10H,1-9H3. The quantitative estimate of drug-likeness (QED) is 0.482. The number of allylic oxidation sites excluding steroid dienone is 4. The van der Waals surface area contributed by atoms with E-state index in [1.54, 1.807) is 6.08 Å². The van der Waals surface area contributed by atoms with Gasteiger partial charge in [-0.2, -0.15) is 0 Å². The molecule has 0 heterocycles. The molecule has 0 saturated heterocycles. The van der Waals surface area contributed by atoms with E-state index in [9.17, 15) is 9.59 Å². The maximum absolute atomic E-state index is 12.4. The first kappa shape index (κ1) is 16.9. The van der Waals surface area contributed by atoms with Gasteiger partial charge in [0.2, 0.25) is 11.6 Å². The highest BCUT2D eigenvalue weighted by molar-refractivity contribution is 6.49. The van der Waals surface area contributed by atoms with E-state index >= 15 is 0 Å². The fraction of sp³-hybridized carbons (Fsp3) is 0.667. The van der Waals surface area contributed by atoms with Crippen LogP contribution in [0.5, 0.6) is 0 Å². The van der Waals surface area contributed by atoms with Crippen molar-refractivity contribution in [2.24, 2.45) is 16.2 Å². The smallest absolute Gasteiger partial charge is 0.229 e. The van der Waals surface area contributed by atoms with Gasteiger partial charge in [0.25, 0.3) is 0 Å². The van der Waals surface area contributed by atoms with Crippen LogP contribution in [-0.4, -0.2) is 11.6 Å². The topological polar surface area (TPSA) is 34.1 Å². The number of carbonyl (C=O) groups is 2. The Morgan fingerprint density at radius 3 is 1.35 bits per heavy atom. The lowest BCUT2D eigenvalue weighted by atomic mass is 9.63. The van der Waals surface area contributed by atoms with Crippen LogP contribution in [0, 0.1) is 16.2 Å². The van der Waals surface area contributed by atoms with Crippen LogP contribution in [0.2, 0.25) is 0 Å². The highest BCUT2D eigenvalue weighted by atomic mass is 16.2. The van der Waals surface area contributed by atoms with E-state index in [0.29, 0.717) is 5.57 Å². The Labute approximate surface area is 123 Å². The van der Waals surface area contributed by atoms with Gasteiger partial charge in [-0.3, -0.25) is 9.59 Å². The van der Waals surface area contributed by atoms with Crippen LogP contribution in [0.3, 0.4) is 0 Å². The van der Waals surface area contributed by atoms with Gasteiger partial charge >= 0.3 is 0 Å². The number of ketones is 2. The Hall–Kier alpha value is -1.18. The first-order chi connectivity index (χ1) is 8.67. The van der Waals surface area contributed by atoms with Gasteiger partial charge in [0.15, 0.2) is 0 Å². The van der Waals surface area contributed by atoms with E-state index in [-0.39, 0.29) is 27.8 Å². The van der Waals surface area contributed by atoms with Gasteiger partial charge < -0.3 is 0 Å². The van der Waals surface area contributed by atoms with Crippen molar-refractivity contribution >= 4 is 11.6 Å². The predicted octanol–water partition coefficient (Wildman–Crippen LogP) is 4.50. The summed E-state index contributed by atoms with van der Waals surface area (Å²) in [6, 6.07) is 0. The monoisotopic (exact) mass is 276 g/mol. The molecule has 0 bridgehead atoms. The van der Waals surface area contributed by atoms with Gasteiger partial charge in [0, 0.05) is 5.57 Å². The zero-order valence-electron chi connectivity index (χ0n) is 14.4. The molecule has 2 nitrogen and oxygen atoms in total. The van der Waals surface area contributed by atoms with Crippen molar-refractivity contribution in [2.75, 3.05) is 0 Å². The molecule has 0 atom stereocenters. The summed E-state index contributed by atoms with van der Waals surface area (Å²) in [5.74, 6) is -0.719. The SMILES string of the molecule is CC(C)(C)C1=CC(=O)C(=O)C(C(C)(C)C)=C1C(C)(C)C. The van der Waals surface area contributed by atoms with E-state index in [0.717, 1.165) is 11.1 Å². The van der Waals surface area contributed by atoms with Gasteiger partial charge in [-0.25, -0.2) is 0 Å². The minimum Gasteiger partial charge on any atom is -0.286 e. The summed E-state index contributed by atoms with van der Waals surface area (Å²) in [6.07, 6.45) is 1.55. The minimum atomic E-state index is -0.382. The molecule has 0 amide bonds. The van der Waals surface area contributed by atoms with Crippen molar-refractivity contribution < 1.29 is 9.59 Å². The van der Waals surface area contributed by atoms with Crippen LogP contribution in [-0.2, 0) is 9.59 Å². The second-order valence-corrected chi connectivity index (χ2v) is 8.75. The number of carbonyl (C=O) groups excluding carboxylic acids is 2. The van der Waals surface area contributed by atoms with Crippen LogP contribution in [0.15, 0.2) is 22.8 Å². The number of hydrogen-bond acceptors (Lipinski definition) is 2. The van der Waals surface area contributed by atoms with Crippen LogP contribution in [0.1, 0.15) is 62.3 Å².